The predicted octanol–water partition coefficient (Wildman–Crippen LogP) is 3.68. The molecule has 7 nitrogen and oxygen atoms in total. The summed E-state index contributed by atoms with van der Waals surface area (Å²) in [6.45, 7) is 8.11. The van der Waals surface area contributed by atoms with E-state index in [1.807, 2.05) is 6.92 Å². The molecular formula is C27H31FN2O5. The van der Waals surface area contributed by atoms with Crippen LogP contribution in [0.15, 0.2) is 48.0 Å². The van der Waals surface area contributed by atoms with Crippen LogP contribution in [0.1, 0.15) is 36.1 Å². The van der Waals surface area contributed by atoms with E-state index in [4.69, 9.17) is 9.47 Å². The number of carbonyl (C=O) groups excluding carboxylic acids is 2. The van der Waals surface area contributed by atoms with Gasteiger partial charge in [-0.2, -0.15) is 0 Å². The Morgan fingerprint density at radius 2 is 1.89 bits per heavy atom. The number of rotatable bonds is 8. The van der Waals surface area contributed by atoms with Gasteiger partial charge in [0.25, 0.3) is 11.7 Å². The zero-order valence-electron chi connectivity index (χ0n) is 20.1. The quantitative estimate of drug-likeness (QED) is 0.351. The molecule has 35 heavy (non-hydrogen) atoms. The molecule has 1 amide bonds. The molecule has 2 fully saturated rings. The molecule has 2 aromatic carbocycles. The van der Waals surface area contributed by atoms with Crippen molar-refractivity contribution in [3.05, 3.63) is 70.5 Å². The lowest BCUT2D eigenvalue weighted by molar-refractivity contribution is -0.140. The number of amides is 1. The third-order valence-corrected chi connectivity index (χ3v) is 6.48. The van der Waals surface area contributed by atoms with Crippen LogP contribution in [0.4, 0.5) is 4.39 Å². The van der Waals surface area contributed by atoms with Gasteiger partial charge in [-0.25, -0.2) is 4.39 Å². The van der Waals surface area contributed by atoms with E-state index in [0.717, 1.165) is 19.6 Å². The number of likely N-dealkylation sites (tertiary alicyclic amines) is 1. The summed E-state index contributed by atoms with van der Waals surface area (Å²) in [6.07, 6.45) is 0.611. The van der Waals surface area contributed by atoms with Crippen LogP contribution in [-0.4, -0.2) is 72.6 Å². The first-order valence-electron chi connectivity index (χ1n) is 12.0. The number of carbonyl (C=O) groups is 2. The number of aliphatic hydroxyl groups excluding tert-OH is 1. The normalized spacial score (nSPS) is 20.4. The van der Waals surface area contributed by atoms with Gasteiger partial charge in [0.1, 0.15) is 17.3 Å². The third-order valence-electron chi connectivity index (χ3n) is 6.48. The summed E-state index contributed by atoms with van der Waals surface area (Å²) >= 11 is 0. The molecule has 8 heteroatoms. The first kappa shape index (κ1) is 24.9. The summed E-state index contributed by atoms with van der Waals surface area (Å²) in [6, 6.07) is 10.2. The summed E-state index contributed by atoms with van der Waals surface area (Å²) in [5.41, 5.74) is 1.17. The van der Waals surface area contributed by atoms with Crippen molar-refractivity contribution in [1.29, 1.82) is 0 Å². The van der Waals surface area contributed by atoms with Crippen LogP contribution in [0, 0.1) is 12.7 Å². The minimum Gasteiger partial charge on any atom is -0.507 e. The minimum atomic E-state index is -1.01. The smallest absolute Gasteiger partial charge is 0.295 e. The van der Waals surface area contributed by atoms with E-state index in [9.17, 15) is 19.1 Å². The third kappa shape index (κ3) is 5.23. The van der Waals surface area contributed by atoms with Crippen molar-refractivity contribution in [3.63, 3.8) is 0 Å². The second kappa shape index (κ2) is 11.0. The van der Waals surface area contributed by atoms with Crippen molar-refractivity contribution in [3.8, 4) is 5.75 Å². The van der Waals surface area contributed by atoms with Crippen molar-refractivity contribution >= 4 is 17.4 Å². The molecule has 0 saturated carbocycles. The van der Waals surface area contributed by atoms with Gasteiger partial charge in [0.15, 0.2) is 0 Å². The van der Waals surface area contributed by atoms with Crippen LogP contribution < -0.4 is 4.74 Å². The fourth-order valence-corrected chi connectivity index (χ4v) is 4.72. The molecule has 2 saturated heterocycles. The monoisotopic (exact) mass is 482 g/mol. The van der Waals surface area contributed by atoms with Crippen molar-refractivity contribution in [2.24, 2.45) is 0 Å². The second-order valence-electron chi connectivity index (χ2n) is 8.73. The maximum Gasteiger partial charge on any atom is 0.295 e. The van der Waals surface area contributed by atoms with E-state index < -0.39 is 23.5 Å². The Bertz CT molecular complexity index is 1130. The van der Waals surface area contributed by atoms with Gasteiger partial charge in [0.05, 0.1) is 31.4 Å². The molecule has 1 N–H and O–H groups in total. The van der Waals surface area contributed by atoms with Crippen molar-refractivity contribution < 1.29 is 28.6 Å². The maximum absolute atomic E-state index is 14.9. The number of aliphatic hydroxyl groups is 1. The van der Waals surface area contributed by atoms with Gasteiger partial charge in [-0.15, -0.1) is 0 Å². The molecule has 2 heterocycles. The molecule has 2 aromatic rings. The summed E-state index contributed by atoms with van der Waals surface area (Å²) in [4.78, 5) is 29.9. The Labute approximate surface area is 204 Å². The first-order valence-corrected chi connectivity index (χ1v) is 12.0. The standard InChI is InChI=1S/C27H31FN2O5/c1-3-35-19-9-10-20(18(2)17-19)25(31)23-24(21-7-4-5-8-22(21)28)30(27(33)26(23)32)12-6-11-29-13-15-34-16-14-29/h4-5,7-10,17,24,31H,3,6,11-16H2,1-2H3/b25-23-. The zero-order valence-corrected chi connectivity index (χ0v) is 20.1. The number of ether oxygens (including phenoxy) is 2. The molecule has 4 rings (SSSR count). The Morgan fingerprint density at radius 3 is 2.57 bits per heavy atom. The van der Waals surface area contributed by atoms with Crippen molar-refractivity contribution in [2.45, 2.75) is 26.3 Å². The second-order valence-corrected chi connectivity index (χ2v) is 8.73. The summed E-state index contributed by atoms with van der Waals surface area (Å²) in [5, 5.41) is 11.3. The number of hydrogen-bond acceptors (Lipinski definition) is 6. The number of Topliss-reactive ketones (excluding diaryl/α,β-unsaturated/α-hetero) is 1. The SMILES string of the molecule is CCOc1ccc(/C(O)=C2/C(=O)C(=O)N(CCCN3CCOCC3)C2c2ccccc2F)c(C)c1. The maximum atomic E-state index is 14.9. The number of halogens is 1. The van der Waals surface area contributed by atoms with Crippen LogP contribution in [-0.2, 0) is 14.3 Å². The molecule has 186 valence electrons. The van der Waals surface area contributed by atoms with E-state index in [-0.39, 0.29) is 23.4 Å². The predicted molar refractivity (Wildman–Crippen MR) is 130 cm³/mol. The largest absolute Gasteiger partial charge is 0.507 e. The molecule has 2 aliphatic rings. The molecule has 0 spiro atoms. The van der Waals surface area contributed by atoms with Crippen LogP contribution >= 0.6 is 0 Å². The average molecular weight is 483 g/mol. The zero-order chi connectivity index (χ0) is 24.9. The Morgan fingerprint density at radius 1 is 1.14 bits per heavy atom. The molecule has 0 bridgehead atoms. The summed E-state index contributed by atoms with van der Waals surface area (Å²) in [7, 11) is 0. The first-order chi connectivity index (χ1) is 16.9. The number of nitrogens with zero attached hydrogens (tertiary/aromatic N) is 2. The summed E-state index contributed by atoms with van der Waals surface area (Å²) in [5.74, 6) is -1.75. The Hall–Kier alpha value is -3.23. The topological polar surface area (TPSA) is 79.3 Å². The van der Waals surface area contributed by atoms with E-state index in [1.165, 1.54) is 11.0 Å². The number of aryl methyl sites for hydroxylation is 1. The van der Waals surface area contributed by atoms with Crippen molar-refractivity contribution in [1.82, 2.24) is 9.80 Å². The number of ketones is 1. The molecule has 1 atom stereocenters. The van der Waals surface area contributed by atoms with E-state index in [1.54, 1.807) is 43.3 Å². The molecule has 0 aromatic heterocycles. The van der Waals surface area contributed by atoms with Gasteiger partial charge in [0, 0.05) is 37.3 Å². The van der Waals surface area contributed by atoms with Crippen LogP contribution in [0.5, 0.6) is 5.75 Å². The molecule has 1 unspecified atom stereocenters. The van der Waals surface area contributed by atoms with Gasteiger partial charge in [-0.05, 0) is 50.1 Å². The summed E-state index contributed by atoms with van der Waals surface area (Å²) < 4.78 is 25.8. The van der Waals surface area contributed by atoms with E-state index in [0.29, 0.717) is 43.1 Å². The average Bonchev–Trinajstić information content (AvgIpc) is 3.10. The van der Waals surface area contributed by atoms with E-state index >= 15 is 0 Å². The van der Waals surface area contributed by atoms with Gasteiger partial charge < -0.3 is 19.5 Å². The highest BCUT2D eigenvalue weighted by Gasteiger charge is 2.46. The van der Waals surface area contributed by atoms with Gasteiger partial charge >= 0.3 is 0 Å². The van der Waals surface area contributed by atoms with Gasteiger partial charge in [-0.1, -0.05) is 18.2 Å². The highest BCUT2D eigenvalue weighted by atomic mass is 19.1. The fourth-order valence-electron chi connectivity index (χ4n) is 4.72. The van der Waals surface area contributed by atoms with Gasteiger partial charge in [0.2, 0.25) is 0 Å². The van der Waals surface area contributed by atoms with Crippen molar-refractivity contribution in [2.75, 3.05) is 46.0 Å². The molecule has 0 aliphatic carbocycles. The molecule has 2 aliphatic heterocycles. The Balaban J connectivity index is 1.70. The number of hydrogen-bond donors (Lipinski definition) is 1. The van der Waals surface area contributed by atoms with Crippen LogP contribution in [0.25, 0.3) is 5.76 Å². The molecule has 0 radical (unpaired) electrons. The highest BCUT2D eigenvalue weighted by molar-refractivity contribution is 6.46. The van der Waals surface area contributed by atoms with E-state index in [2.05, 4.69) is 4.90 Å². The van der Waals surface area contributed by atoms with Crippen LogP contribution in [0.2, 0.25) is 0 Å². The lowest BCUT2D eigenvalue weighted by Crippen LogP contribution is -2.39. The Kier molecular flexibility index (Phi) is 7.83. The number of morpholine rings is 1. The highest BCUT2D eigenvalue weighted by Crippen LogP contribution is 2.41. The lowest BCUT2D eigenvalue weighted by Gasteiger charge is -2.29. The lowest BCUT2D eigenvalue weighted by atomic mass is 9.93. The fraction of sp³-hybridized carbons (Fsp3) is 0.407. The molecular weight excluding hydrogens is 451 g/mol. The minimum absolute atomic E-state index is 0.0984. The van der Waals surface area contributed by atoms with Gasteiger partial charge in [-0.3, -0.25) is 14.5 Å². The number of benzene rings is 2. The van der Waals surface area contributed by atoms with Crippen LogP contribution in [0.3, 0.4) is 0 Å².